The van der Waals surface area contributed by atoms with E-state index in [1.54, 1.807) is 6.26 Å². The van der Waals surface area contributed by atoms with Crippen molar-refractivity contribution in [3.8, 4) is 0 Å². The summed E-state index contributed by atoms with van der Waals surface area (Å²) in [5.74, 6) is 1.03. The second-order valence-electron chi connectivity index (χ2n) is 4.10. The maximum atomic E-state index is 5.28. The van der Waals surface area contributed by atoms with Crippen molar-refractivity contribution < 1.29 is 4.42 Å². The lowest BCUT2D eigenvalue weighted by atomic mass is 10.1. The highest BCUT2D eigenvalue weighted by Gasteiger charge is 2.00. The van der Waals surface area contributed by atoms with Gasteiger partial charge in [0.05, 0.1) is 6.26 Å². The lowest BCUT2D eigenvalue weighted by molar-refractivity contribution is 0.498. The summed E-state index contributed by atoms with van der Waals surface area (Å²) in [6.45, 7) is 3.90. The van der Waals surface area contributed by atoms with E-state index in [1.807, 2.05) is 12.1 Å². The van der Waals surface area contributed by atoms with Crippen LogP contribution < -0.4 is 5.32 Å². The average Bonchev–Trinajstić information content (AvgIpc) is 2.79. The molecule has 1 aromatic carbocycles. The van der Waals surface area contributed by atoms with Gasteiger partial charge in [-0.3, -0.25) is 0 Å². The van der Waals surface area contributed by atoms with Gasteiger partial charge >= 0.3 is 0 Å². The van der Waals surface area contributed by atoms with E-state index in [1.165, 1.54) is 15.6 Å². The first-order valence-corrected chi connectivity index (χ1v) is 6.53. The lowest BCUT2D eigenvalue weighted by Crippen LogP contribution is -2.16. The molecule has 1 N–H and O–H groups in total. The molecule has 0 unspecified atom stereocenters. The Morgan fingerprint density at radius 3 is 2.88 bits per heavy atom. The molecule has 0 spiro atoms. The minimum absolute atomic E-state index is 0.877. The fraction of sp³-hybridized carbons (Fsp3) is 0.286. The van der Waals surface area contributed by atoms with Gasteiger partial charge in [0.15, 0.2) is 0 Å². The zero-order valence-corrected chi connectivity index (χ0v) is 11.5. The zero-order valence-electron chi connectivity index (χ0n) is 9.87. The zero-order chi connectivity index (χ0) is 12.1. The van der Waals surface area contributed by atoms with E-state index in [9.17, 15) is 0 Å². The summed E-state index contributed by atoms with van der Waals surface area (Å²) in [4.78, 5) is 0. The highest BCUT2D eigenvalue weighted by atomic mass is 79.9. The first kappa shape index (κ1) is 12.4. The van der Waals surface area contributed by atoms with Crippen molar-refractivity contribution in [1.29, 1.82) is 0 Å². The summed E-state index contributed by atoms with van der Waals surface area (Å²) in [6.07, 6.45) is 2.64. The maximum Gasteiger partial charge on any atom is 0.105 e. The second-order valence-corrected chi connectivity index (χ2v) is 4.96. The summed E-state index contributed by atoms with van der Waals surface area (Å²) in [5, 5.41) is 3.41. The van der Waals surface area contributed by atoms with Crippen molar-refractivity contribution in [2.24, 2.45) is 0 Å². The standard InChI is InChI=1S/C14H16BrNO/c1-11-4-5-12(14(15)9-11)10-16-7-6-13-3-2-8-17-13/h2-5,8-9,16H,6-7,10H2,1H3. The van der Waals surface area contributed by atoms with E-state index in [4.69, 9.17) is 4.42 Å². The molecule has 0 fully saturated rings. The summed E-state index contributed by atoms with van der Waals surface area (Å²) in [6, 6.07) is 10.4. The van der Waals surface area contributed by atoms with E-state index in [2.05, 4.69) is 46.4 Å². The number of nitrogens with one attached hydrogen (secondary N) is 1. The predicted octanol–water partition coefficient (Wildman–Crippen LogP) is 3.68. The van der Waals surface area contributed by atoms with Crippen LogP contribution in [-0.4, -0.2) is 6.54 Å². The van der Waals surface area contributed by atoms with Gasteiger partial charge in [0, 0.05) is 24.0 Å². The molecule has 0 aliphatic carbocycles. The number of aryl methyl sites for hydroxylation is 1. The third kappa shape index (κ3) is 3.72. The van der Waals surface area contributed by atoms with Crippen molar-refractivity contribution in [1.82, 2.24) is 5.32 Å². The Morgan fingerprint density at radius 2 is 2.18 bits per heavy atom. The van der Waals surface area contributed by atoms with Crippen LogP contribution in [0.25, 0.3) is 0 Å². The Labute approximate surface area is 110 Å². The Morgan fingerprint density at radius 1 is 1.29 bits per heavy atom. The third-order valence-corrected chi connectivity index (χ3v) is 3.39. The second kappa shape index (κ2) is 6.03. The third-order valence-electron chi connectivity index (χ3n) is 2.65. The van der Waals surface area contributed by atoms with E-state index in [0.29, 0.717) is 0 Å². The molecule has 0 radical (unpaired) electrons. The fourth-order valence-corrected chi connectivity index (χ4v) is 2.32. The van der Waals surface area contributed by atoms with E-state index >= 15 is 0 Å². The summed E-state index contributed by atoms with van der Waals surface area (Å²) in [7, 11) is 0. The van der Waals surface area contributed by atoms with Crippen molar-refractivity contribution in [2.45, 2.75) is 19.9 Å². The Hall–Kier alpha value is -1.06. The number of hydrogen-bond donors (Lipinski definition) is 1. The van der Waals surface area contributed by atoms with Gasteiger partial charge in [-0.1, -0.05) is 28.1 Å². The summed E-state index contributed by atoms with van der Waals surface area (Å²) in [5.41, 5.74) is 2.56. The summed E-state index contributed by atoms with van der Waals surface area (Å²) < 4.78 is 6.45. The van der Waals surface area contributed by atoms with Crippen LogP contribution in [0.3, 0.4) is 0 Å². The largest absolute Gasteiger partial charge is 0.469 e. The van der Waals surface area contributed by atoms with Gasteiger partial charge in [-0.25, -0.2) is 0 Å². The van der Waals surface area contributed by atoms with Crippen LogP contribution in [0, 0.1) is 6.92 Å². The fourth-order valence-electron chi connectivity index (χ4n) is 1.69. The molecular formula is C14H16BrNO. The number of hydrogen-bond acceptors (Lipinski definition) is 2. The molecule has 1 heterocycles. The minimum Gasteiger partial charge on any atom is -0.469 e. The Kier molecular flexibility index (Phi) is 4.40. The smallest absolute Gasteiger partial charge is 0.105 e. The Bertz CT molecular complexity index is 465. The molecule has 2 aromatic rings. The normalized spacial score (nSPS) is 10.7. The molecule has 0 aliphatic heterocycles. The first-order valence-electron chi connectivity index (χ1n) is 5.74. The molecule has 0 saturated heterocycles. The van der Waals surface area contributed by atoms with Crippen molar-refractivity contribution >= 4 is 15.9 Å². The Balaban J connectivity index is 1.78. The molecule has 0 amide bonds. The highest BCUT2D eigenvalue weighted by Crippen LogP contribution is 2.17. The number of rotatable bonds is 5. The molecule has 3 heteroatoms. The molecular weight excluding hydrogens is 278 g/mol. The number of furan rings is 1. The molecule has 2 nitrogen and oxygen atoms in total. The van der Waals surface area contributed by atoms with Crippen molar-refractivity contribution in [3.05, 3.63) is 58.0 Å². The van der Waals surface area contributed by atoms with Crippen molar-refractivity contribution in [2.75, 3.05) is 6.54 Å². The molecule has 1 aromatic heterocycles. The van der Waals surface area contributed by atoms with E-state index in [-0.39, 0.29) is 0 Å². The van der Waals surface area contributed by atoms with Gasteiger partial charge in [0.1, 0.15) is 5.76 Å². The average molecular weight is 294 g/mol. The number of benzene rings is 1. The molecule has 0 bridgehead atoms. The molecule has 90 valence electrons. The van der Waals surface area contributed by atoms with Crippen molar-refractivity contribution in [3.63, 3.8) is 0 Å². The van der Waals surface area contributed by atoms with Gasteiger partial charge in [-0.05, 0) is 36.2 Å². The van der Waals surface area contributed by atoms with Gasteiger partial charge < -0.3 is 9.73 Å². The van der Waals surface area contributed by atoms with E-state index < -0.39 is 0 Å². The van der Waals surface area contributed by atoms with Gasteiger partial charge in [-0.15, -0.1) is 0 Å². The molecule has 0 atom stereocenters. The topological polar surface area (TPSA) is 25.2 Å². The van der Waals surface area contributed by atoms with Crippen LogP contribution in [-0.2, 0) is 13.0 Å². The number of halogens is 1. The van der Waals surface area contributed by atoms with Gasteiger partial charge in [0.2, 0.25) is 0 Å². The monoisotopic (exact) mass is 293 g/mol. The first-order chi connectivity index (χ1) is 8.25. The molecule has 17 heavy (non-hydrogen) atoms. The van der Waals surface area contributed by atoms with Gasteiger partial charge in [0.25, 0.3) is 0 Å². The van der Waals surface area contributed by atoms with Crippen LogP contribution in [0.2, 0.25) is 0 Å². The molecule has 2 rings (SSSR count). The SMILES string of the molecule is Cc1ccc(CNCCc2ccco2)c(Br)c1. The lowest BCUT2D eigenvalue weighted by Gasteiger charge is -2.07. The van der Waals surface area contributed by atoms with Crippen LogP contribution in [0.1, 0.15) is 16.9 Å². The van der Waals surface area contributed by atoms with Crippen LogP contribution in [0.5, 0.6) is 0 Å². The quantitative estimate of drug-likeness (QED) is 0.851. The van der Waals surface area contributed by atoms with Gasteiger partial charge in [-0.2, -0.15) is 0 Å². The maximum absolute atomic E-state index is 5.28. The highest BCUT2D eigenvalue weighted by molar-refractivity contribution is 9.10. The summed E-state index contributed by atoms with van der Waals surface area (Å²) >= 11 is 3.58. The van der Waals surface area contributed by atoms with Crippen LogP contribution in [0.4, 0.5) is 0 Å². The molecule has 0 saturated carbocycles. The molecule has 0 aliphatic rings. The minimum atomic E-state index is 0.877. The van der Waals surface area contributed by atoms with Crippen LogP contribution in [0.15, 0.2) is 45.5 Å². The predicted molar refractivity (Wildman–Crippen MR) is 73.0 cm³/mol. The van der Waals surface area contributed by atoms with Crippen LogP contribution >= 0.6 is 15.9 Å². The van der Waals surface area contributed by atoms with E-state index in [0.717, 1.165) is 25.3 Å².